The van der Waals surface area contributed by atoms with E-state index in [1.54, 1.807) is 12.3 Å². The molecular weight excluding hydrogens is 291 g/mol. The molecule has 0 fully saturated rings. The van der Waals surface area contributed by atoms with Gasteiger partial charge in [-0.3, -0.25) is 0 Å². The Morgan fingerprint density at radius 2 is 2.00 bits per heavy atom. The molecule has 1 N–H and O–H groups in total. The first-order chi connectivity index (χ1) is 9.44. The lowest BCUT2D eigenvalue weighted by Gasteiger charge is -2.06. The highest BCUT2D eigenvalue weighted by Gasteiger charge is 2.25. The molecule has 0 aliphatic rings. The average molecular weight is 306 g/mol. The lowest BCUT2D eigenvalue weighted by Crippen LogP contribution is -2.16. The molecule has 0 aliphatic heterocycles. The Hall–Kier alpha value is -1.27. The van der Waals surface area contributed by atoms with Crippen molar-refractivity contribution in [2.24, 2.45) is 0 Å². The van der Waals surface area contributed by atoms with Crippen LogP contribution in [0.2, 0.25) is 5.02 Å². The molecule has 0 unspecified atom stereocenters. The van der Waals surface area contributed by atoms with Gasteiger partial charge < -0.3 is 9.72 Å². The van der Waals surface area contributed by atoms with E-state index in [1.807, 2.05) is 16.7 Å². The van der Waals surface area contributed by atoms with Crippen molar-refractivity contribution in [3.63, 3.8) is 0 Å². The zero-order valence-electron chi connectivity index (χ0n) is 10.8. The molecule has 0 radical (unpaired) electrons. The molecule has 0 aliphatic carbocycles. The zero-order chi connectivity index (χ0) is 14.6. The quantitative estimate of drug-likeness (QED) is 0.822. The smallest absolute Gasteiger partial charge is 0.311 e. The number of hydrogen-bond acceptors (Lipinski definition) is 2. The van der Waals surface area contributed by atoms with Crippen molar-refractivity contribution in [3.8, 4) is 0 Å². The van der Waals surface area contributed by atoms with Crippen molar-refractivity contribution < 1.29 is 13.2 Å². The van der Waals surface area contributed by atoms with E-state index in [0.29, 0.717) is 24.5 Å². The van der Waals surface area contributed by atoms with Crippen LogP contribution in [0.15, 0.2) is 24.5 Å². The molecule has 2 rings (SSSR count). The molecule has 7 heteroatoms. The summed E-state index contributed by atoms with van der Waals surface area (Å²) in [4.78, 5) is 4.37. The largest absolute Gasteiger partial charge is 0.389 e. The highest BCUT2D eigenvalue weighted by Crippen LogP contribution is 2.21. The second-order valence-electron chi connectivity index (χ2n) is 4.59. The number of pyridine rings is 1. The van der Waals surface area contributed by atoms with Gasteiger partial charge in [0.05, 0.1) is 10.7 Å². The summed E-state index contributed by atoms with van der Waals surface area (Å²) in [7, 11) is 0. The first-order valence-electron chi connectivity index (χ1n) is 6.35. The third-order valence-corrected chi connectivity index (χ3v) is 3.06. The van der Waals surface area contributed by atoms with Gasteiger partial charge in [-0.1, -0.05) is 11.6 Å². The van der Waals surface area contributed by atoms with Gasteiger partial charge in [0.1, 0.15) is 5.65 Å². The highest BCUT2D eigenvalue weighted by molar-refractivity contribution is 6.30. The standard InChI is InChI=1S/C13H15ClF3N3/c14-10-3-4-12-19-11(9-20(12)8-10)7-18-6-2-1-5-13(15,16)17/h3-4,8-9,18H,1-2,5-7H2. The van der Waals surface area contributed by atoms with Gasteiger partial charge in [0.25, 0.3) is 0 Å². The van der Waals surface area contributed by atoms with Crippen LogP contribution in [0.3, 0.4) is 0 Å². The minimum atomic E-state index is -4.05. The fourth-order valence-corrected chi connectivity index (χ4v) is 2.06. The van der Waals surface area contributed by atoms with Crippen LogP contribution in [0.1, 0.15) is 25.0 Å². The van der Waals surface area contributed by atoms with Crippen molar-refractivity contribution >= 4 is 17.2 Å². The minimum absolute atomic E-state index is 0.150. The summed E-state index contributed by atoms with van der Waals surface area (Å²) >= 11 is 5.87. The van der Waals surface area contributed by atoms with Crippen molar-refractivity contribution in [2.45, 2.75) is 32.0 Å². The Bertz CT molecular complexity index is 565. The van der Waals surface area contributed by atoms with Crippen LogP contribution in [0, 0.1) is 0 Å². The number of imidazole rings is 1. The molecule has 20 heavy (non-hydrogen) atoms. The molecule has 0 saturated heterocycles. The van der Waals surface area contributed by atoms with E-state index in [1.165, 1.54) is 0 Å². The lowest BCUT2D eigenvalue weighted by atomic mass is 10.2. The van der Waals surface area contributed by atoms with E-state index in [2.05, 4.69) is 10.3 Å². The van der Waals surface area contributed by atoms with Crippen LogP contribution >= 0.6 is 11.6 Å². The zero-order valence-corrected chi connectivity index (χ0v) is 11.5. The fraction of sp³-hybridized carbons (Fsp3) is 0.462. The number of fused-ring (bicyclic) bond motifs is 1. The first-order valence-corrected chi connectivity index (χ1v) is 6.72. The molecule has 3 nitrogen and oxygen atoms in total. The first kappa shape index (κ1) is 15.1. The van der Waals surface area contributed by atoms with E-state index in [9.17, 15) is 13.2 Å². The number of alkyl halides is 3. The number of hydrogen-bond donors (Lipinski definition) is 1. The van der Waals surface area contributed by atoms with Crippen molar-refractivity contribution in [3.05, 3.63) is 35.2 Å². The molecule has 2 aromatic rings. The van der Waals surface area contributed by atoms with Gasteiger partial charge in [-0.15, -0.1) is 0 Å². The Morgan fingerprint density at radius 3 is 2.75 bits per heavy atom. The summed E-state index contributed by atoms with van der Waals surface area (Å²) in [5.41, 5.74) is 1.63. The maximum atomic E-state index is 11.9. The molecular formula is C13H15ClF3N3. The second-order valence-corrected chi connectivity index (χ2v) is 5.03. The number of nitrogens with one attached hydrogen (secondary N) is 1. The van der Waals surface area contributed by atoms with Crippen molar-refractivity contribution in [1.82, 2.24) is 14.7 Å². The van der Waals surface area contributed by atoms with Crippen LogP contribution in [0.4, 0.5) is 13.2 Å². The Labute approximate surface area is 119 Å². The predicted molar refractivity (Wildman–Crippen MR) is 71.8 cm³/mol. The van der Waals surface area contributed by atoms with E-state index in [4.69, 9.17) is 11.6 Å². The summed E-state index contributed by atoms with van der Waals surface area (Å²) in [5.74, 6) is 0. The summed E-state index contributed by atoms with van der Waals surface area (Å²) in [5, 5.41) is 3.71. The number of nitrogens with zero attached hydrogens (tertiary/aromatic N) is 2. The Kier molecular flexibility index (Phi) is 4.88. The summed E-state index contributed by atoms with van der Waals surface area (Å²) in [6, 6.07) is 3.58. The van der Waals surface area contributed by atoms with Crippen molar-refractivity contribution in [1.29, 1.82) is 0 Å². The van der Waals surface area contributed by atoms with Crippen molar-refractivity contribution in [2.75, 3.05) is 6.54 Å². The third-order valence-electron chi connectivity index (χ3n) is 2.83. The van der Waals surface area contributed by atoms with E-state index < -0.39 is 12.6 Å². The molecule has 2 aromatic heterocycles. The van der Waals surface area contributed by atoms with Crippen LogP contribution < -0.4 is 5.32 Å². The minimum Gasteiger partial charge on any atom is -0.311 e. The SMILES string of the molecule is FC(F)(F)CCCCNCc1cn2cc(Cl)ccc2n1. The third kappa shape index (κ3) is 4.68. The molecule has 0 aromatic carbocycles. The highest BCUT2D eigenvalue weighted by atomic mass is 35.5. The number of halogens is 4. The number of aromatic nitrogens is 2. The van der Waals surface area contributed by atoms with Crippen LogP contribution in [0.5, 0.6) is 0 Å². The van der Waals surface area contributed by atoms with Crippen LogP contribution in [-0.4, -0.2) is 22.1 Å². The molecule has 0 saturated carbocycles. The molecule has 110 valence electrons. The second kappa shape index (κ2) is 6.45. The average Bonchev–Trinajstić information content (AvgIpc) is 2.74. The van der Waals surface area contributed by atoms with Gasteiger partial charge in [-0.25, -0.2) is 4.98 Å². The van der Waals surface area contributed by atoms with Gasteiger partial charge >= 0.3 is 6.18 Å². The van der Waals surface area contributed by atoms with Gasteiger partial charge in [-0.2, -0.15) is 13.2 Å². The normalized spacial score (nSPS) is 12.2. The van der Waals surface area contributed by atoms with E-state index >= 15 is 0 Å². The molecule has 0 atom stereocenters. The Morgan fingerprint density at radius 1 is 1.20 bits per heavy atom. The number of unbranched alkanes of at least 4 members (excludes halogenated alkanes) is 1. The summed E-state index contributed by atoms with van der Waals surface area (Å²) in [6.07, 6.45) is -0.515. The lowest BCUT2D eigenvalue weighted by molar-refractivity contribution is -0.135. The topological polar surface area (TPSA) is 29.3 Å². The van der Waals surface area contributed by atoms with E-state index in [-0.39, 0.29) is 6.42 Å². The fourth-order valence-electron chi connectivity index (χ4n) is 1.89. The van der Waals surface area contributed by atoms with Gasteiger partial charge in [-0.05, 0) is 31.5 Å². The molecule has 0 bridgehead atoms. The monoisotopic (exact) mass is 305 g/mol. The van der Waals surface area contributed by atoms with Gasteiger partial charge in [0, 0.05) is 25.4 Å². The number of rotatable bonds is 6. The van der Waals surface area contributed by atoms with Crippen LogP contribution in [-0.2, 0) is 6.54 Å². The molecule has 0 amide bonds. The maximum Gasteiger partial charge on any atom is 0.389 e. The van der Waals surface area contributed by atoms with E-state index in [0.717, 1.165) is 11.3 Å². The molecule has 2 heterocycles. The van der Waals surface area contributed by atoms with Gasteiger partial charge in [0.15, 0.2) is 0 Å². The molecule has 0 spiro atoms. The summed E-state index contributed by atoms with van der Waals surface area (Å²) in [6.45, 7) is 1.08. The predicted octanol–water partition coefficient (Wildman–Crippen LogP) is 3.81. The van der Waals surface area contributed by atoms with Crippen LogP contribution in [0.25, 0.3) is 5.65 Å². The maximum absolute atomic E-state index is 11.9. The summed E-state index contributed by atoms with van der Waals surface area (Å²) < 4.78 is 37.6. The van der Waals surface area contributed by atoms with Gasteiger partial charge in [0.2, 0.25) is 0 Å². The Balaban J connectivity index is 1.73.